The highest BCUT2D eigenvalue weighted by atomic mass is 16.5. The van der Waals surface area contributed by atoms with E-state index >= 15 is 0 Å². The van der Waals surface area contributed by atoms with Crippen LogP contribution in [0.5, 0.6) is 0 Å². The van der Waals surface area contributed by atoms with Crippen LogP contribution in [0.2, 0.25) is 0 Å². The molecule has 1 unspecified atom stereocenters. The molecule has 1 atom stereocenters. The first-order valence-electron chi connectivity index (χ1n) is 3.43. The Labute approximate surface area is 60.2 Å². The van der Waals surface area contributed by atoms with E-state index in [1.54, 1.807) is 0 Å². The molecule has 10 heavy (non-hydrogen) atoms. The average Bonchev–Trinajstić information content (AvgIpc) is 2.34. The van der Waals surface area contributed by atoms with Crippen LogP contribution < -0.4 is 5.73 Å². The fourth-order valence-corrected chi connectivity index (χ4v) is 0.759. The standard InChI is InChI=1S/C7H12N2O/c1-3-6(8)7-4-5(2)9-10-7/h4,6H,3,8H2,1-2H3. The molecule has 56 valence electrons. The molecule has 2 N–H and O–H groups in total. The fraction of sp³-hybridized carbons (Fsp3) is 0.571. The third-order valence-electron chi connectivity index (χ3n) is 1.45. The minimum atomic E-state index is 0.00111. The van der Waals surface area contributed by atoms with Crippen LogP contribution in [0.15, 0.2) is 10.6 Å². The molecule has 0 bridgehead atoms. The molecular formula is C7H12N2O. The van der Waals surface area contributed by atoms with Crippen molar-refractivity contribution in [2.75, 3.05) is 0 Å². The highest BCUT2D eigenvalue weighted by Gasteiger charge is 2.07. The number of hydrogen-bond acceptors (Lipinski definition) is 3. The lowest BCUT2D eigenvalue weighted by Gasteiger charge is -2.00. The van der Waals surface area contributed by atoms with Crippen LogP contribution in [-0.2, 0) is 0 Å². The minimum Gasteiger partial charge on any atom is -0.359 e. The Morgan fingerprint density at radius 2 is 2.50 bits per heavy atom. The van der Waals surface area contributed by atoms with Crippen molar-refractivity contribution in [3.05, 3.63) is 17.5 Å². The molecular weight excluding hydrogens is 128 g/mol. The van der Waals surface area contributed by atoms with E-state index in [0.29, 0.717) is 0 Å². The predicted octanol–water partition coefficient (Wildman–Crippen LogP) is 1.39. The second-order valence-electron chi connectivity index (χ2n) is 2.39. The molecule has 0 fully saturated rings. The third kappa shape index (κ3) is 1.36. The molecule has 0 radical (unpaired) electrons. The van der Waals surface area contributed by atoms with Gasteiger partial charge in [0.25, 0.3) is 0 Å². The molecule has 1 rings (SSSR count). The zero-order valence-electron chi connectivity index (χ0n) is 6.29. The lowest BCUT2D eigenvalue weighted by Crippen LogP contribution is -2.06. The highest BCUT2D eigenvalue weighted by Crippen LogP contribution is 2.13. The molecule has 3 heteroatoms. The first kappa shape index (κ1) is 7.28. The van der Waals surface area contributed by atoms with Gasteiger partial charge in [0, 0.05) is 6.07 Å². The lowest BCUT2D eigenvalue weighted by atomic mass is 10.2. The van der Waals surface area contributed by atoms with Crippen LogP contribution in [-0.4, -0.2) is 5.16 Å². The van der Waals surface area contributed by atoms with Crippen LogP contribution in [0, 0.1) is 6.92 Å². The summed E-state index contributed by atoms with van der Waals surface area (Å²) in [7, 11) is 0. The van der Waals surface area contributed by atoms with E-state index in [4.69, 9.17) is 10.3 Å². The van der Waals surface area contributed by atoms with Crippen LogP contribution in [0.25, 0.3) is 0 Å². The maximum Gasteiger partial charge on any atom is 0.153 e. The van der Waals surface area contributed by atoms with Crippen LogP contribution >= 0.6 is 0 Å². The molecule has 3 nitrogen and oxygen atoms in total. The van der Waals surface area contributed by atoms with Gasteiger partial charge in [-0.2, -0.15) is 0 Å². The van der Waals surface area contributed by atoms with Gasteiger partial charge in [-0.25, -0.2) is 0 Å². The maximum atomic E-state index is 5.67. The number of nitrogens with zero attached hydrogens (tertiary/aromatic N) is 1. The van der Waals surface area contributed by atoms with Gasteiger partial charge in [-0.15, -0.1) is 0 Å². The van der Waals surface area contributed by atoms with Gasteiger partial charge in [-0.05, 0) is 13.3 Å². The molecule has 0 saturated carbocycles. The smallest absolute Gasteiger partial charge is 0.153 e. The van der Waals surface area contributed by atoms with Crippen LogP contribution in [0.1, 0.15) is 30.8 Å². The van der Waals surface area contributed by atoms with E-state index in [1.807, 2.05) is 19.9 Å². The van der Waals surface area contributed by atoms with E-state index in [-0.39, 0.29) is 6.04 Å². The maximum absolute atomic E-state index is 5.67. The number of hydrogen-bond donors (Lipinski definition) is 1. The molecule has 0 aromatic carbocycles. The monoisotopic (exact) mass is 140 g/mol. The Bertz CT molecular complexity index is 207. The van der Waals surface area contributed by atoms with Crippen molar-refractivity contribution >= 4 is 0 Å². The van der Waals surface area contributed by atoms with Crippen molar-refractivity contribution < 1.29 is 4.52 Å². The van der Waals surface area contributed by atoms with Crippen molar-refractivity contribution in [1.29, 1.82) is 0 Å². The Morgan fingerprint density at radius 1 is 1.80 bits per heavy atom. The van der Waals surface area contributed by atoms with Crippen molar-refractivity contribution in [2.45, 2.75) is 26.3 Å². The van der Waals surface area contributed by atoms with Gasteiger partial charge >= 0.3 is 0 Å². The van der Waals surface area contributed by atoms with Crippen molar-refractivity contribution in [2.24, 2.45) is 5.73 Å². The van der Waals surface area contributed by atoms with Gasteiger partial charge in [-0.1, -0.05) is 12.1 Å². The number of rotatable bonds is 2. The summed E-state index contributed by atoms with van der Waals surface area (Å²) in [4.78, 5) is 0. The molecule has 0 aliphatic carbocycles. The molecule has 1 heterocycles. The normalized spacial score (nSPS) is 13.5. The zero-order chi connectivity index (χ0) is 7.56. The largest absolute Gasteiger partial charge is 0.359 e. The lowest BCUT2D eigenvalue weighted by molar-refractivity contribution is 0.356. The second kappa shape index (κ2) is 2.84. The molecule has 0 aliphatic heterocycles. The average molecular weight is 140 g/mol. The Hall–Kier alpha value is -0.830. The molecule has 0 aliphatic rings. The Balaban J connectivity index is 2.74. The molecule has 0 amide bonds. The minimum absolute atomic E-state index is 0.00111. The summed E-state index contributed by atoms with van der Waals surface area (Å²) in [5.74, 6) is 0.778. The summed E-state index contributed by atoms with van der Waals surface area (Å²) in [6, 6.07) is 1.87. The van der Waals surface area contributed by atoms with E-state index in [2.05, 4.69) is 5.16 Å². The van der Waals surface area contributed by atoms with E-state index in [1.165, 1.54) is 0 Å². The fourth-order valence-electron chi connectivity index (χ4n) is 0.759. The third-order valence-corrected chi connectivity index (χ3v) is 1.45. The summed E-state index contributed by atoms with van der Waals surface area (Å²) in [5.41, 5.74) is 6.56. The molecule has 1 aromatic rings. The highest BCUT2D eigenvalue weighted by molar-refractivity contribution is 5.06. The Kier molecular flexibility index (Phi) is 2.06. The summed E-state index contributed by atoms with van der Waals surface area (Å²) >= 11 is 0. The first-order chi connectivity index (χ1) is 4.74. The van der Waals surface area contributed by atoms with Gasteiger partial charge in [0.2, 0.25) is 0 Å². The zero-order valence-corrected chi connectivity index (χ0v) is 6.29. The molecule has 1 aromatic heterocycles. The van der Waals surface area contributed by atoms with Gasteiger partial charge in [-0.3, -0.25) is 0 Å². The van der Waals surface area contributed by atoms with Gasteiger partial charge in [0.15, 0.2) is 5.76 Å². The molecule has 0 spiro atoms. The van der Waals surface area contributed by atoms with Crippen LogP contribution in [0.3, 0.4) is 0 Å². The number of aromatic nitrogens is 1. The topological polar surface area (TPSA) is 52.0 Å². The number of nitrogens with two attached hydrogens (primary N) is 1. The quantitative estimate of drug-likeness (QED) is 0.675. The predicted molar refractivity (Wildman–Crippen MR) is 38.5 cm³/mol. The van der Waals surface area contributed by atoms with Crippen LogP contribution in [0.4, 0.5) is 0 Å². The summed E-state index contributed by atoms with van der Waals surface area (Å²) in [5, 5.41) is 3.73. The second-order valence-corrected chi connectivity index (χ2v) is 2.39. The van der Waals surface area contributed by atoms with Crippen molar-refractivity contribution in [1.82, 2.24) is 5.16 Å². The summed E-state index contributed by atoms with van der Waals surface area (Å²) in [6.07, 6.45) is 0.884. The van der Waals surface area contributed by atoms with Gasteiger partial charge < -0.3 is 10.3 Å². The summed E-state index contributed by atoms with van der Waals surface area (Å²) in [6.45, 7) is 3.90. The van der Waals surface area contributed by atoms with Gasteiger partial charge in [0.05, 0.1) is 11.7 Å². The Morgan fingerprint density at radius 3 is 2.90 bits per heavy atom. The van der Waals surface area contributed by atoms with Crippen molar-refractivity contribution in [3.8, 4) is 0 Å². The summed E-state index contributed by atoms with van der Waals surface area (Å²) < 4.78 is 4.94. The van der Waals surface area contributed by atoms with Crippen molar-refractivity contribution in [3.63, 3.8) is 0 Å². The van der Waals surface area contributed by atoms with E-state index in [0.717, 1.165) is 17.9 Å². The molecule has 0 saturated heterocycles. The SMILES string of the molecule is CCC(N)c1cc(C)no1. The first-order valence-corrected chi connectivity index (χ1v) is 3.43. The van der Waals surface area contributed by atoms with E-state index < -0.39 is 0 Å². The van der Waals surface area contributed by atoms with Gasteiger partial charge in [0.1, 0.15) is 0 Å². The number of aryl methyl sites for hydroxylation is 1. The van der Waals surface area contributed by atoms with E-state index in [9.17, 15) is 0 Å².